The number of aryl methyl sites for hydroxylation is 1. The maximum atomic E-state index is 14.3. The van der Waals surface area contributed by atoms with Crippen LogP contribution in [0, 0.1) is 30.4 Å². The first-order valence-electron chi connectivity index (χ1n) is 7.87. The highest BCUT2D eigenvalue weighted by atomic mass is 32.2. The molecule has 3 rings (SSSR count). The zero-order chi connectivity index (χ0) is 19.4. The molecule has 0 bridgehead atoms. The number of aromatic nitrogens is 1. The highest BCUT2D eigenvalue weighted by molar-refractivity contribution is 7.92. The van der Waals surface area contributed by atoms with Gasteiger partial charge in [-0.15, -0.1) is 0 Å². The van der Waals surface area contributed by atoms with Gasteiger partial charge in [0.25, 0.3) is 10.0 Å². The summed E-state index contributed by atoms with van der Waals surface area (Å²) in [7, 11) is -4.19. The average Bonchev–Trinajstić information content (AvgIpc) is 2.64. The topological polar surface area (TPSA) is 59.1 Å². The minimum atomic E-state index is -4.19. The standard InChI is InChI=1S/C20H14F2N2O2S/c1-14-19(8-5-11-23-14)27(25,26)24-20-17(21)12-16(13-18(20)22)10-9-15-6-3-2-4-7-15/h2-8,11-13,24H,1H3. The predicted molar refractivity (Wildman–Crippen MR) is 98.6 cm³/mol. The van der Waals surface area contributed by atoms with E-state index < -0.39 is 27.3 Å². The van der Waals surface area contributed by atoms with Crippen molar-refractivity contribution in [2.45, 2.75) is 11.8 Å². The van der Waals surface area contributed by atoms with E-state index in [-0.39, 0.29) is 16.2 Å². The van der Waals surface area contributed by atoms with Gasteiger partial charge in [-0.1, -0.05) is 30.0 Å². The van der Waals surface area contributed by atoms with E-state index >= 15 is 0 Å². The largest absolute Gasteiger partial charge is 0.274 e. The zero-order valence-corrected chi connectivity index (χ0v) is 15.0. The number of benzene rings is 2. The number of pyridine rings is 1. The van der Waals surface area contributed by atoms with Crippen LogP contribution < -0.4 is 4.72 Å². The number of rotatable bonds is 3. The van der Waals surface area contributed by atoms with Crippen molar-refractivity contribution in [1.29, 1.82) is 0 Å². The second kappa shape index (κ2) is 7.56. The molecule has 4 nitrogen and oxygen atoms in total. The lowest BCUT2D eigenvalue weighted by Gasteiger charge is -2.11. The van der Waals surface area contributed by atoms with E-state index in [9.17, 15) is 17.2 Å². The van der Waals surface area contributed by atoms with Crippen LogP contribution in [0.25, 0.3) is 0 Å². The number of nitrogens with zero attached hydrogens (tertiary/aromatic N) is 1. The quantitative estimate of drug-likeness (QED) is 0.698. The molecule has 0 aliphatic rings. The molecule has 0 amide bonds. The van der Waals surface area contributed by atoms with Crippen molar-refractivity contribution in [2.24, 2.45) is 0 Å². The van der Waals surface area contributed by atoms with E-state index in [1.165, 1.54) is 25.3 Å². The Morgan fingerprint density at radius 1 is 0.926 bits per heavy atom. The molecular weight excluding hydrogens is 370 g/mol. The molecule has 1 N–H and O–H groups in total. The lowest BCUT2D eigenvalue weighted by atomic mass is 10.1. The van der Waals surface area contributed by atoms with Crippen LogP contribution in [0.4, 0.5) is 14.5 Å². The first-order chi connectivity index (χ1) is 12.9. The first-order valence-corrected chi connectivity index (χ1v) is 9.36. The molecule has 0 aliphatic heterocycles. The molecule has 2 aromatic carbocycles. The lowest BCUT2D eigenvalue weighted by Crippen LogP contribution is -2.17. The van der Waals surface area contributed by atoms with Crippen LogP contribution in [-0.2, 0) is 10.0 Å². The van der Waals surface area contributed by atoms with Gasteiger partial charge in [-0.3, -0.25) is 9.71 Å². The van der Waals surface area contributed by atoms with Crippen molar-refractivity contribution in [3.63, 3.8) is 0 Å². The molecule has 136 valence electrons. The predicted octanol–water partition coefficient (Wildman–Crippen LogP) is 3.87. The molecule has 0 atom stereocenters. The Morgan fingerprint density at radius 3 is 2.19 bits per heavy atom. The Kier molecular flexibility index (Phi) is 5.19. The van der Waals surface area contributed by atoms with Crippen molar-refractivity contribution in [3.05, 3.63) is 89.2 Å². The van der Waals surface area contributed by atoms with E-state index in [2.05, 4.69) is 16.8 Å². The van der Waals surface area contributed by atoms with E-state index in [1.807, 2.05) is 10.8 Å². The SMILES string of the molecule is Cc1ncccc1S(=O)(=O)Nc1c(F)cc(C#Cc2ccccc2)cc1F. The zero-order valence-electron chi connectivity index (χ0n) is 14.2. The van der Waals surface area contributed by atoms with Gasteiger partial charge in [0.2, 0.25) is 0 Å². The fraction of sp³-hybridized carbons (Fsp3) is 0.0500. The molecule has 0 aliphatic carbocycles. The van der Waals surface area contributed by atoms with Gasteiger partial charge >= 0.3 is 0 Å². The summed E-state index contributed by atoms with van der Waals surface area (Å²) in [5.74, 6) is 3.33. The molecule has 0 radical (unpaired) electrons. The van der Waals surface area contributed by atoms with Crippen molar-refractivity contribution in [2.75, 3.05) is 4.72 Å². The van der Waals surface area contributed by atoms with Crippen molar-refractivity contribution >= 4 is 15.7 Å². The molecule has 1 aromatic heterocycles. The van der Waals surface area contributed by atoms with Gasteiger partial charge in [0.05, 0.1) is 5.69 Å². The van der Waals surface area contributed by atoms with E-state index in [4.69, 9.17) is 0 Å². The fourth-order valence-corrected chi connectivity index (χ4v) is 3.62. The van der Waals surface area contributed by atoms with Crippen LogP contribution in [0.15, 0.2) is 65.7 Å². The van der Waals surface area contributed by atoms with Crippen LogP contribution in [0.2, 0.25) is 0 Å². The molecule has 3 aromatic rings. The summed E-state index contributed by atoms with van der Waals surface area (Å²) in [6, 6.07) is 13.6. The summed E-state index contributed by atoms with van der Waals surface area (Å²) < 4.78 is 55.4. The maximum Gasteiger partial charge on any atom is 0.263 e. The molecule has 0 saturated heterocycles. The maximum absolute atomic E-state index is 14.3. The Bertz CT molecular complexity index is 1130. The third-order valence-electron chi connectivity index (χ3n) is 3.65. The van der Waals surface area contributed by atoms with Gasteiger partial charge in [0, 0.05) is 17.3 Å². The summed E-state index contributed by atoms with van der Waals surface area (Å²) in [6.45, 7) is 1.49. The fourth-order valence-electron chi connectivity index (χ4n) is 2.35. The van der Waals surface area contributed by atoms with Crippen molar-refractivity contribution in [3.8, 4) is 11.8 Å². The molecule has 0 spiro atoms. The summed E-state index contributed by atoms with van der Waals surface area (Å²) >= 11 is 0. The summed E-state index contributed by atoms with van der Waals surface area (Å²) in [6.07, 6.45) is 1.43. The van der Waals surface area contributed by atoms with Crippen LogP contribution in [0.1, 0.15) is 16.8 Å². The Labute approximate surface area is 156 Å². The number of hydrogen-bond acceptors (Lipinski definition) is 3. The molecular formula is C20H14F2N2O2S. The number of hydrogen-bond donors (Lipinski definition) is 1. The Morgan fingerprint density at radius 2 is 1.56 bits per heavy atom. The van der Waals surface area contributed by atoms with Gasteiger partial charge in [0.1, 0.15) is 10.6 Å². The first kappa shape index (κ1) is 18.5. The minimum Gasteiger partial charge on any atom is -0.274 e. The Hall–Kier alpha value is -3.24. The highest BCUT2D eigenvalue weighted by Crippen LogP contribution is 2.24. The minimum absolute atomic E-state index is 0.0920. The van der Waals surface area contributed by atoms with Gasteiger partial charge in [-0.25, -0.2) is 17.2 Å². The van der Waals surface area contributed by atoms with Gasteiger partial charge in [-0.2, -0.15) is 0 Å². The molecule has 0 fully saturated rings. The average molecular weight is 384 g/mol. The smallest absolute Gasteiger partial charge is 0.263 e. The second-order valence-electron chi connectivity index (χ2n) is 5.62. The van der Waals surface area contributed by atoms with E-state index in [1.54, 1.807) is 24.3 Å². The van der Waals surface area contributed by atoms with Gasteiger partial charge in [0.15, 0.2) is 11.6 Å². The molecule has 7 heteroatoms. The summed E-state index contributed by atoms with van der Waals surface area (Å²) in [5.41, 5.74) is 0.240. The highest BCUT2D eigenvalue weighted by Gasteiger charge is 2.21. The lowest BCUT2D eigenvalue weighted by molar-refractivity contribution is 0.582. The van der Waals surface area contributed by atoms with E-state index in [0.29, 0.717) is 5.56 Å². The molecule has 0 saturated carbocycles. The van der Waals surface area contributed by atoms with Gasteiger partial charge in [-0.05, 0) is 43.3 Å². The second-order valence-corrected chi connectivity index (χ2v) is 7.27. The van der Waals surface area contributed by atoms with Crippen LogP contribution in [-0.4, -0.2) is 13.4 Å². The number of halogens is 2. The van der Waals surface area contributed by atoms with Crippen molar-refractivity contribution < 1.29 is 17.2 Å². The number of anilines is 1. The molecule has 1 heterocycles. The number of nitrogens with one attached hydrogen (secondary N) is 1. The van der Waals surface area contributed by atoms with Crippen molar-refractivity contribution in [1.82, 2.24) is 4.98 Å². The Balaban J connectivity index is 1.92. The monoisotopic (exact) mass is 384 g/mol. The third-order valence-corrected chi connectivity index (χ3v) is 5.13. The molecule has 27 heavy (non-hydrogen) atoms. The summed E-state index contributed by atoms with van der Waals surface area (Å²) in [4.78, 5) is 3.72. The molecule has 0 unspecified atom stereocenters. The van der Waals surface area contributed by atoms with Gasteiger partial charge < -0.3 is 0 Å². The third kappa shape index (κ3) is 4.30. The summed E-state index contributed by atoms with van der Waals surface area (Å²) in [5, 5.41) is 0. The number of sulfonamides is 1. The normalized spacial score (nSPS) is 10.8. The van der Waals surface area contributed by atoms with Crippen LogP contribution in [0.5, 0.6) is 0 Å². The van der Waals surface area contributed by atoms with Crippen LogP contribution >= 0.6 is 0 Å². The van der Waals surface area contributed by atoms with Crippen LogP contribution in [0.3, 0.4) is 0 Å². The van der Waals surface area contributed by atoms with E-state index in [0.717, 1.165) is 12.1 Å².